The van der Waals surface area contributed by atoms with Crippen molar-refractivity contribution in [1.82, 2.24) is 0 Å². The van der Waals surface area contributed by atoms with Crippen LogP contribution in [-0.4, -0.2) is 11.9 Å². The van der Waals surface area contributed by atoms with Gasteiger partial charge in [-0.25, -0.2) is 4.39 Å². The van der Waals surface area contributed by atoms with E-state index in [1.807, 2.05) is 30.3 Å². The first kappa shape index (κ1) is 11.9. The minimum absolute atomic E-state index is 0.181. The van der Waals surface area contributed by atoms with Crippen LogP contribution in [0.25, 0.3) is 0 Å². The first-order chi connectivity index (χ1) is 9.20. The van der Waals surface area contributed by atoms with Crippen molar-refractivity contribution in [2.75, 3.05) is 4.90 Å². The van der Waals surface area contributed by atoms with Crippen LogP contribution in [0.4, 0.5) is 10.1 Å². The molecule has 0 aromatic heterocycles. The summed E-state index contributed by atoms with van der Waals surface area (Å²) in [5.41, 5.74) is 7.03. The molecule has 96 valence electrons. The van der Waals surface area contributed by atoms with E-state index in [1.165, 1.54) is 6.07 Å². The molecular weight excluding hydrogens is 243 g/mol. The van der Waals surface area contributed by atoms with E-state index < -0.39 is 12.1 Å². The standard InChI is InChI=1S/C15H13FN2O/c16-12-9-5-4-8-11(12)14-13(17)15(19)18(14)10-6-2-1-3-7-10/h1-9,13-14H,17H2/t13-,14-/m0/s1. The summed E-state index contributed by atoms with van der Waals surface area (Å²) in [7, 11) is 0. The van der Waals surface area contributed by atoms with E-state index in [-0.39, 0.29) is 11.7 Å². The molecule has 0 bridgehead atoms. The Labute approximate surface area is 110 Å². The lowest BCUT2D eigenvalue weighted by Crippen LogP contribution is -2.63. The highest BCUT2D eigenvalue weighted by Gasteiger charge is 2.47. The zero-order chi connectivity index (χ0) is 13.4. The van der Waals surface area contributed by atoms with Crippen LogP contribution in [0.1, 0.15) is 11.6 Å². The van der Waals surface area contributed by atoms with Crippen molar-refractivity contribution < 1.29 is 9.18 Å². The van der Waals surface area contributed by atoms with Crippen LogP contribution in [0.15, 0.2) is 54.6 Å². The van der Waals surface area contributed by atoms with Gasteiger partial charge in [0.1, 0.15) is 11.9 Å². The Balaban J connectivity index is 2.01. The number of β-lactam (4-membered cyclic amide) rings is 1. The van der Waals surface area contributed by atoms with Gasteiger partial charge in [-0.05, 0) is 18.2 Å². The van der Waals surface area contributed by atoms with Crippen LogP contribution in [0, 0.1) is 5.82 Å². The topological polar surface area (TPSA) is 46.3 Å². The summed E-state index contributed by atoms with van der Waals surface area (Å²) in [5.74, 6) is -0.518. The Morgan fingerprint density at radius 2 is 1.63 bits per heavy atom. The Kier molecular flexibility index (Phi) is 2.80. The molecule has 0 saturated carbocycles. The van der Waals surface area contributed by atoms with Crippen LogP contribution in [0.2, 0.25) is 0 Å². The number of carbonyl (C=O) groups is 1. The van der Waals surface area contributed by atoms with E-state index in [2.05, 4.69) is 0 Å². The number of halogens is 1. The molecule has 19 heavy (non-hydrogen) atoms. The first-order valence-electron chi connectivity index (χ1n) is 6.08. The SMILES string of the molecule is N[C@@H]1C(=O)N(c2ccccc2)[C@H]1c1ccccc1F. The molecule has 2 N–H and O–H groups in total. The second-order valence-electron chi connectivity index (χ2n) is 4.54. The molecule has 2 atom stereocenters. The lowest BCUT2D eigenvalue weighted by Gasteiger charge is -2.45. The zero-order valence-electron chi connectivity index (χ0n) is 10.2. The maximum atomic E-state index is 13.9. The van der Waals surface area contributed by atoms with Crippen LogP contribution in [-0.2, 0) is 4.79 Å². The first-order valence-corrected chi connectivity index (χ1v) is 6.08. The number of carbonyl (C=O) groups excluding carboxylic acids is 1. The Morgan fingerprint density at radius 3 is 2.32 bits per heavy atom. The average molecular weight is 256 g/mol. The van der Waals surface area contributed by atoms with Gasteiger partial charge in [-0.15, -0.1) is 0 Å². The number of rotatable bonds is 2. The zero-order valence-corrected chi connectivity index (χ0v) is 10.2. The van der Waals surface area contributed by atoms with Crippen molar-refractivity contribution in [1.29, 1.82) is 0 Å². The largest absolute Gasteiger partial charge is 0.318 e. The second kappa shape index (κ2) is 4.48. The number of nitrogens with two attached hydrogens (primary N) is 1. The van der Waals surface area contributed by atoms with Crippen molar-refractivity contribution in [3.8, 4) is 0 Å². The molecular formula is C15H13FN2O. The van der Waals surface area contributed by atoms with E-state index in [9.17, 15) is 9.18 Å². The van der Waals surface area contributed by atoms with Crippen molar-refractivity contribution in [2.45, 2.75) is 12.1 Å². The average Bonchev–Trinajstić information content (AvgIpc) is 2.46. The molecule has 0 unspecified atom stereocenters. The van der Waals surface area contributed by atoms with Gasteiger partial charge in [0.25, 0.3) is 0 Å². The fraction of sp³-hybridized carbons (Fsp3) is 0.133. The molecule has 3 rings (SSSR count). The molecule has 0 spiro atoms. The van der Waals surface area contributed by atoms with E-state index in [1.54, 1.807) is 23.1 Å². The maximum Gasteiger partial charge on any atom is 0.247 e. The molecule has 3 nitrogen and oxygen atoms in total. The lowest BCUT2D eigenvalue weighted by atomic mass is 9.88. The molecule has 0 radical (unpaired) electrons. The highest BCUT2D eigenvalue weighted by molar-refractivity contribution is 6.05. The van der Waals surface area contributed by atoms with Gasteiger partial charge in [-0.3, -0.25) is 4.79 Å². The molecule has 2 aromatic rings. The Hall–Kier alpha value is -2.20. The van der Waals surface area contributed by atoms with Gasteiger partial charge in [0.2, 0.25) is 5.91 Å². The molecule has 1 aliphatic rings. The highest BCUT2D eigenvalue weighted by Crippen LogP contribution is 2.38. The van der Waals surface area contributed by atoms with Crippen LogP contribution in [0.3, 0.4) is 0 Å². The number of nitrogens with zero attached hydrogens (tertiary/aromatic N) is 1. The molecule has 1 saturated heterocycles. The fourth-order valence-electron chi connectivity index (χ4n) is 2.44. The minimum atomic E-state index is -0.683. The van der Waals surface area contributed by atoms with Gasteiger partial charge in [-0.1, -0.05) is 36.4 Å². The second-order valence-corrected chi connectivity index (χ2v) is 4.54. The third-order valence-electron chi connectivity index (χ3n) is 3.40. The van der Waals surface area contributed by atoms with E-state index >= 15 is 0 Å². The van der Waals surface area contributed by atoms with Crippen LogP contribution >= 0.6 is 0 Å². The van der Waals surface area contributed by atoms with Gasteiger partial charge >= 0.3 is 0 Å². The number of hydrogen-bond donors (Lipinski definition) is 1. The summed E-state index contributed by atoms with van der Waals surface area (Å²) in [4.78, 5) is 13.5. The smallest absolute Gasteiger partial charge is 0.247 e. The van der Waals surface area contributed by atoms with Crippen molar-refractivity contribution in [3.05, 3.63) is 66.0 Å². The lowest BCUT2D eigenvalue weighted by molar-refractivity contribution is -0.126. The quantitative estimate of drug-likeness (QED) is 0.838. The molecule has 1 aliphatic heterocycles. The Morgan fingerprint density at radius 1 is 1.00 bits per heavy atom. The van der Waals surface area contributed by atoms with Gasteiger partial charge in [0.15, 0.2) is 0 Å². The molecule has 0 aliphatic carbocycles. The third-order valence-corrected chi connectivity index (χ3v) is 3.40. The monoisotopic (exact) mass is 256 g/mol. The van der Waals surface area contributed by atoms with E-state index in [0.29, 0.717) is 5.56 Å². The van der Waals surface area contributed by atoms with Crippen molar-refractivity contribution >= 4 is 11.6 Å². The summed E-state index contributed by atoms with van der Waals surface area (Å²) in [6, 6.07) is 14.5. The summed E-state index contributed by atoms with van der Waals surface area (Å²) < 4.78 is 13.9. The van der Waals surface area contributed by atoms with Crippen LogP contribution < -0.4 is 10.6 Å². The van der Waals surface area contributed by atoms with Gasteiger partial charge in [0.05, 0.1) is 6.04 Å². The molecule has 1 heterocycles. The summed E-state index contributed by atoms with van der Waals surface area (Å²) >= 11 is 0. The molecule has 2 aromatic carbocycles. The van der Waals surface area contributed by atoms with Gasteiger partial charge < -0.3 is 10.6 Å². The molecule has 1 amide bonds. The number of amides is 1. The van der Waals surface area contributed by atoms with E-state index in [4.69, 9.17) is 5.73 Å². The maximum absolute atomic E-state index is 13.9. The number of benzene rings is 2. The fourth-order valence-corrected chi connectivity index (χ4v) is 2.44. The molecule has 4 heteroatoms. The normalized spacial score (nSPS) is 22.2. The van der Waals surface area contributed by atoms with Gasteiger partial charge in [-0.2, -0.15) is 0 Å². The van der Waals surface area contributed by atoms with Crippen LogP contribution in [0.5, 0.6) is 0 Å². The van der Waals surface area contributed by atoms with Gasteiger partial charge in [0, 0.05) is 11.3 Å². The predicted octanol–water partition coefficient (Wildman–Crippen LogP) is 2.24. The number of hydrogen-bond acceptors (Lipinski definition) is 2. The summed E-state index contributed by atoms with van der Waals surface area (Å²) in [6.45, 7) is 0. The molecule has 1 fully saturated rings. The summed E-state index contributed by atoms with van der Waals surface area (Å²) in [6.07, 6.45) is 0. The van der Waals surface area contributed by atoms with Crippen molar-refractivity contribution in [3.63, 3.8) is 0 Å². The number of para-hydroxylation sites is 1. The third kappa shape index (κ3) is 1.81. The Bertz CT molecular complexity index is 615. The summed E-state index contributed by atoms with van der Waals surface area (Å²) in [5, 5.41) is 0. The predicted molar refractivity (Wildman–Crippen MR) is 71.0 cm³/mol. The van der Waals surface area contributed by atoms with E-state index in [0.717, 1.165) is 5.69 Å². The highest BCUT2D eigenvalue weighted by atomic mass is 19.1. The number of anilines is 1. The minimum Gasteiger partial charge on any atom is -0.318 e. The van der Waals surface area contributed by atoms with Crippen molar-refractivity contribution in [2.24, 2.45) is 5.73 Å².